The van der Waals surface area contributed by atoms with Crippen LogP contribution in [0.25, 0.3) is 0 Å². The number of para-hydroxylation sites is 1. The molecule has 0 unspecified atom stereocenters. The van der Waals surface area contributed by atoms with Gasteiger partial charge in [0.1, 0.15) is 0 Å². The largest absolute Gasteiger partial charge is 1.00 e. The monoisotopic (exact) mass is 234 g/mol. The lowest BCUT2D eigenvalue weighted by molar-refractivity contribution is 0.578. The van der Waals surface area contributed by atoms with Crippen LogP contribution in [0.5, 0.6) is 0 Å². The Hall–Kier alpha value is -0.400. The highest BCUT2D eigenvalue weighted by Gasteiger charge is 2.09. The van der Waals surface area contributed by atoms with Crippen LogP contribution < -0.4 is 4.90 Å². The van der Waals surface area contributed by atoms with E-state index < -0.39 is 0 Å². The molecule has 0 N–H and O–H groups in total. The summed E-state index contributed by atoms with van der Waals surface area (Å²) in [7, 11) is 0. The summed E-state index contributed by atoms with van der Waals surface area (Å²) in [6.45, 7) is 2.48. The molecule has 2 rings (SSSR count). The molecule has 1 aliphatic rings. The summed E-state index contributed by atoms with van der Waals surface area (Å²) in [4.78, 5) is 2.48. The zero-order chi connectivity index (χ0) is 8.23. The molecule has 1 heterocycles. The molecule has 1 aliphatic heterocycles. The number of rotatable bonds is 1. The molecular formula is C11H18Cl2N+. The highest BCUT2D eigenvalue weighted by Crippen LogP contribution is 2.18. The molecule has 0 aromatic heterocycles. The van der Waals surface area contributed by atoms with E-state index in [0.29, 0.717) is 0 Å². The fraction of sp³-hybridized carbons (Fsp3) is 0.455. The number of hydrogen-bond donors (Lipinski definition) is 0. The Morgan fingerprint density at radius 3 is 2.00 bits per heavy atom. The van der Waals surface area contributed by atoms with E-state index in [1.54, 1.807) is 0 Å². The minimum Gasteiger partial charge on any atom is -0.372 e. The van der Waals surface area contributed by atoms with Gasteiger partial charge in [0, 0.05) is 18.8 Å². The van der Waals surface area contributed by atoms with Crippen molar-refractivity contribution >= 4 is 30.5 Å². The topological polar surface area (TPSA) is 3.24 Å². The summed E-state index contributed by atoms with van der Waals surface area (Å²) in [6.07, 6.45) is 4.12. The number of halogens is 2. The summed E-state index contributed by atoms with van der Waals surface area (Å²) in [5.41, 5.74) is 1.39. The van der Waals surface area contributed by atoms with Crippen LogP contribution >= 0.6 is 24.8 Å². The van der Waals surface area contributed by atoms with Crippen LogP contribution in [0.2, 0.25) is 0 Å². The fourth-order valence-corrected chi connectivity index (χ4v) is 1.79. The van der Waals surface area contributed by atoms with Crippen molar-refractivity contribution in [2.24, 2.45) is 0 Å². The second-order valence-electron chi connectivity index (χ2n) is 3.38. The minimum absolute atomic E-state index is 0. The number of anilines is 1. The van der Waals surface area contributed by atoms with Crippen LogP contribution in [-0.2, 0) is 0 Å². The average molecular weight is 235 g/mol. The summed E-state index contributed by atoms with van der Waals surface area (Å²) < 4.78 is 0. The SMILES string of the molecule is Cl.Cl.[H+].c1ccc(N2CCCCC2)cc1. The summed E-state index contributed by atoms with van der Waals surface area (Å²) in [5, 5.41) is 0. The van der Waals surface area contributed by atoms with E-state index in [1.807, 2.05) is 0 Å². The lowest BCUT2D eigenvalue weighted by Crippen LogP contribution is -2.29. The van der Waals surface area contributed by atoms with Crippen LogP contribution in [0.1, 0.15) is 20.7 Å². The number of nitrogens with zero attached hydrogens (tertiary/aromatic N) is 1. The molecule has 0 atom stereocenters. The maximum atomic E-state index is 2.48. The first-order valence-corrected chi connectivity index (χ1v) is 4.77. The van der Waals surface area contributed by atoms with Crippen molar-refractivity contribution in [1.82, 2.24) is 0 Å². The Balaban J connectivity index is 0. The Kier molecular flexibility index (Phi) is 6.77. The van der Waals surface area contributed by atoms with Gasteiger partial charge in [-0.05, 0) is 31.4 Å². The molecule has 1 fully saturated rings. The highest BCUT2D eigenvalue weighted by atomic mass is 35.5. The average Bonchev–Trinajstić information content (AvgIpc) is 2.21. The smallest absolute Gasteiger partial charge is 0.372 e. The molecule has 0 spiro atoms. The number of hydrogen-bond acceptors (Lipinski definition) is 1. The molecule has 0 aliphatic carbocycles. The van der Waals surface area contributed by atoms with Crippen LogP contribution in [0, 0.1) is 0 Å². The maximum Gasteiger partial charge on any atom is 1.00 e. The molecule has 0 radical (unpaired) electrons. The normalized spacial score (nSPS) is 15.3. The third-order valence-electron chi connectivity index (χ3n) is 2.48. The molecule has 1 aromatic rings. The third kappa shape index (κ3) is 3.39. The van der Waals surface area contributed by atoms with Gasteiger partial charge in [-0.3, -0.25) is 0 Å². The second-order valence-corrected chi connectivity index (χ2v) is 3.38. The summed E-state index contributed by atoms with van der Waals surface area (Å²) in [6, 6.07) is 10.7. The molecule has 80 valence electrons. The first-order chi connectivity index (χ1) is 5.97. The van der Waals surface area contributed by atoms with E-state index in [0.717, 1.165) is 0 Å². The van der Waals surface area contributed by atoms with Gasteiger partial charge in [0.15, 0.2) is 0 Å². The third-order valence-corrected chi connectivity index (χ3v) is 2.48. The predicted molar refractivity (Wildman–Crippen MR) is 68.1 cm³/mol. The number of piperidine rings is 1. The Bertz CT molecular complexity index is 238. The lowest BCUT2D eigenvalue weighted by Gasteiger charge is -2.28. The van der Waals surface area contributed by atoms with Crippen molar-refractivity contribution in [3.05, 3.63) is 30.3 Å². The Morgan fingerprint density at radius 1 is 0.857 bits per heavy atom. The molecule has 1 saturated heterocycles. The van der Waals surface area contributed by atoms with Crippen molar-refractivity contribution in [2.75, 3.05) is 18.0 Å². The molecule has 3 heteroatoms. The van der Waals surface area contributed by atoms with Gasteiger partial charge in [-0.1, -0.05) is 18.2 Å². The quantitative estimate of drug-likeness (QED) is 0.718. The van der Waals surface area contributed by atoms with Crippen LogP contribution in [-0.4, -0.2) is 13.1 Å². The van der Waals surface area contributed by atoms with E-state index in [1.165, 1.54) is 38.0 Å². The van der Waals surface area contributed by atoms with Gasteiger partial charge < -0.3 is 4.90 Å². The van der Waals surface area contributed by atoms with Gasteiger partial charge >= 0.3 is 1.43 Å². The van der Waals surface area contributed by atoms with E-state index in [-0.39, 0.29) is 26.2 Å². The molecule has 0 saturated carbocycles. The molecule has 14 heavy (non-hydrogen) atoms. The van der Waals surface area contributed by atoms with Crippen molar-refractivity contribution in [3.8, 4) is 0 Å². The first kappa shape index (κ1) is 13.6. The fourth-order valence-electron chi connectivity index (χ4n) is 1.79. The highest BCUT2D eigenvalue weighted by molar-refractivity contribution is 5.85. The van der Waals surface area contributed by atoms with Gasteiger partial charge in [-0.15, -0.1) is 24.8 Å². The summed E-state index contributed by atoms with van der Waals surface area (Å²) >= 11 is 0. The van der Waals surface area contributed by atoms with Gasteiger partial charge in [-0.2, -0.15) is 0 Å². The van der Waals surface area contributed by atoms with Crippen LogP contribution in [0.4, 0.5) is 5.69 Å². The maximum absolute atomic E-state index is 2.48. The van der Waals surface area contributed by atoms with E-state index in [4.69, 9.17) is 0 Å². The van der Waals surface area contributed by atoms with Gasteiger partial charge in [-0.25, -0.2) is 0 Å². The minimum atomic E-state index is 0. The molecule has 1 nitrogen and oxygen atoms in total. The van der Waals surface area contributed by atoms with Gasteiger partial charge in [0.05, 0.1) is 0 Å². The molecule has 0 bridgehead atoms. The predicted octanol–water partition coefficient (Wildman–Crippen LogP) is 3.63. The van der Waals surface area contributed by atoms with Crippen LogP contribution in [0.15, 0.2) is 30.3 Å². The van der Waals surface area contributed by atoms with Crippen LogP contribution in [0.3, 0.4) is 0 Å². The van der Waals surface area contributed by atoms with Gasteiger partial charge in [0.25, 0.3) is 0 Å². The Labute approximate surface area is 99.8 Å². The molecule has 1 aromatic carbocycles. The Morgan fingerprint density at radius 2 is 1.43 bits per heavy atom. The van der Waals surface area contributed by atoms with Crippen molar-refractivity contribution in [1.29, 1.82) is 0 Å². The van der Waals surface area contributed by atoms with E-state index >= 15 is 0 Å². The zero-order valence-electron chi connectivity index (χ0n) is 9.19. The lowest BCUT2D eigenvalue weighted by atomic mass is 10.1. The summed E-state index contributed by atoms with van der Waals surface area (Å²) in [5.74, 6) is 0. The standard InChI is InChI=1S/C11H15N.2ClH/c1-3-7-11(8-4-1)12-9-5-2-6-10-12;;/h1,3-4,7-8H,2,5-6,9-10H2;2*1H/p+1. The molecule has 0 amide bonds. The van der Waals surface area contributed by atoms with E-state index in [2.05, 4.69) is 35.2 Å². The van der Waals surface area contributed by atoms with Crippen molar-refractivity contribution in [2.45, 2.75) is 19.3 Å². The van der Waals surface area contributed by atoms with E-state index in [9.17, 15) is 0 Å². The first-order valence-electron chi connectivity index (χ1n) is 4.77. The molecular weight excluding hydrogens is 217 g/mol. The van der Waals surface area contributed by atoms with Crippen molar-refractivity contribution in [3.63, 3.8) is 0 Å². The number of benzene rings is 1. The van der Waals surface area contributed by atoms with Crippen molar-refractivity contribution < 1.29 is 1.43 Å². The van der Waals surface area contributed by atoms with Gasteiger partial charge in [0.2, 0.25) is 0 Å². The zero-order valence-corrected chi connectivity index (χ0v) is 9.82. The second kappa shape index (κ2) is 6.97.